The van der Waals surface area contributed by atoms with E-state index in [9.17, 15) is 18.4 Å². The Kier molecular flexibility index (Phi) is 5.97. The highest BCUT2D eigenvalue weighted by atomic mass is 19.1. The number of hydrogen-bond acceptors (Lipinski definition) is 3. The van der Waals surface area contributed by atoms with E-state index >= 15 is 0 Å². The number of ether oxygens (including phenoxy) is 1. The molecule has 0 radical (unpaired) electrons. The monoisotopic (exact) mass is 334 g/mol. The molecular formula is C17H16F2N2O3. The summed E-state index contributed by atoms with van der Waals surface area (Å²) < 4.78 is 31.2. The summed E-state index contributed by atoms with van der Waals surface area (Å²) in [6, 6.07) is 10.8. The van der Waals surface area contributed by atoms with Gasteiger partial charge in [0.15, 0.2) is 0 Å². The number of carbonyl (C=O) groups excluding carboxylic acids is 2. The highest BCUT2D eigenvalue weighted by molar-refractivity contribution is 6.39. The molecule has 1 unspecified atom stereocenters. The van der Waals surface area contributed by atoms with Gasteiger partial charge in [-0.05, 0) is 42.0 Å². The molecule has 126 valence electrons. The molecule has 0 aromatic heterocycles. The van der Waals surface area contributed by atoms with Gasteiger partial charge in [-0.2, -0.15) is 0 Å². The van der Waals surface area contributed by atoms with Crippen LogP contribution in [0, 0.1) is 11.6 Å². The molecule has 2 amide bonds. The molecule has 2 aromatic rings. The van der Waals surface area contributed by atoms with E-state index < -0.39 is 29.6 Å². The Hall–Kier alpha value is -2.80. The molecule has 0 fully saturated rings. The van der Waals surface area contributed by atoms with Gasteiger partial charge in [-0.25, -0.2) is 8.78 Å². The van der Waals surface area contributed by atoms with Gasteiger partial charge in [0.2, 0.25) is 0 Å². The Morgan fingerprint density at radius 1 is 1.04 bits per heavy atom. The third kappa shape index (κ3) is 4.85. The maximum Gasteiger partial charge on any atom is 0.313 e. The van der Waals surface area contributed by atoms with E-state index in [0.717, 1.165) is 0 Å². The predicted molar refractivity (Wildman–Crippen MR) is 84.2 cm³/mol. The number of halogens is 2. The third-order valence-corrected chi connectivity index (χ3v) is 3.26. The van der Waals surface area contributed by atoms with Crippen LogP contribution in [0.15, 0.2) is 48.5 Å². The van der Waals surface area contributed by atoms with Gasteiger partial charge in [0.1, 0.15) is 11.6 Å². The van der Waals surface area contributed by atoms with Crippen LogP contribution in [0.4, 0.5) is 14.5 Å². The molecule has 0 spiro atoms. The molecule has 0 aliphatic carbocycles. The SMILES string of the molecule is COC(CNC(=O)C(=O)Nc1ccc(F)cc1)c1cccc(F)c1. The fraction of sp³-hybridized carbons (Fsp3) is 0.176. The van der Waals surface area contributed by atoms with Crippen LogP contribution in [0.1, 0.15) is 11.7 Å². The fourth-order valence-corrected chi connectivity index (χ4v) is 2.03. The number of anilines is 1. The van der Waals surface area contributed by atoms with Crippen molar-refractivity contribution in [3.63, 3.8) is 0 Å². The van der Waals surface area contributed by atoms with Gasteiger partial charge in [-0.1, -0.05) is 12.1 Å². The van der Waals surface area contributed by atoms with E-state index in [-0.39, 0.29) is 6.54 Å². The van der Waals surface area contributed by atoms with Crippen LogP contribution in [0.2, 0.25) is 0 Å². The lowest BCUT2D eigenvalue weighted by Crippen LogP contribution is -2.38. The number of hydrogen-bond donors (Lipinski definition) is 2. The van der Waals surface area contributed by atoms with Crippen LogP contribution in [-0.4, -0.2) is 25.5 Å². The van der Waals surface area contributed by atoms with Crippen molar-refractivity contribution in [2.45, 2.75) is 6.10 Å². The van der Waals surface area contributed by atoms with E-state index in [1.165, 1.54) is 49.6 Å². The smallest absolute Gasteiger partial charge is 0.313 e. The second-order valence-electron chi connectivity index (χ2n) is 4.95. The molecule has 0 saturated heterocycles. The van der Waals surface area contributed by atoms with Crippen molar-refractivity contribution in [3.8, 4) is 0 Å². The van der Waals surface area contributed by atoms with Crippen LogP contribution >= 0.6 is 0 Å². The highest BCUT2D eigenvalue weighted by Gasteiger charge is 2.17. The summed E-state index contributed by atoms with van der Waals surface area (Å²) in [5.41, 5.74) is 0.835. The van der Waals surface area contributed by atoms with Crippen molar-refractivity contribution in [2.75, 3.05) is 19.0 Å². The van der Waals surface area contributed by atoms with Crippen molar-refractivity contribution in [1.29, 1.82) is 0 Å². The summed E-state index contributed by atoms with van der Waals surface area (Å²) in [5, 5.41) is 4.75. The Morgan fingerprint density at radius 2 is 1.75 bits per heavy atom. The van der Waals surface area contributed by atoms with E-state index in [1.807, 2.05) is 0 Å². The van der Waals surface area contributed by atoms with Crippen molar-refractivity contribution in [3.05, 3.63) is 65.7 Å². The molecule has 0 aliphatic rings. The Morgan fingerprint density at radius 3 is 2.38 bits per heavy atom. The van der Waals surface area contributed by atoms with Gasteiger partial charge in [0.25, 0.3) is 0 Å². The first-order chi connectivity index (χ1) is 11.5. The van der Waals surface area contributed by atoms with Crippen molar-refractivity contribution in [1.82, 2.24) is 5.32 Å². The van der Waals surface area contributed by atoms with E-state index in [2.05, 4.69) is 10.6 Å². The van der Waals surface area contributed by atoms with Crippen LogP contribution in [0.3, 0.4) is 0 Å². The van der Waals surface area contributed by atoms with Gasteiger partial charge >= 0.3 is 11.8 Å². The van der Waals surface area contributed by atoms with Crippen molar-refractivity contribution >= 4 is 17.5 Å². The average molecular weight is 334 g/mol. The van der Waals surface area contributed by atoms with Gasteiger partial charge in [-0.3, -0.25) is 9.59 Å². The molecule has 2 N–H and O–H groups in total. The zero-order valence-electron chi connectivity index (χ0n) is 12.9. The number of methoxy groups -OCH3 is 1. The lowest BCUT2D eigenvalue weighted by atomic mass is 10.1. The highest BCUT2D eigenvalue weighted by Crippen LogP contribution is 2.16. The Labute approximate surface area is 137 Å². The second kappa shape index (κ2) is 8.16. The van der Waals surface area contributed by atoms with E-state index in [0.29, 0.717) is 11.3 Å². The van der Waals surface area contributed by atoms with Gasteiger partial charge in [0.05, 0.1) is 6.10 Å². The first kappa shape index (κ1) is 17.6. The zero-order valence-corrected chi connectivity index (χ0v) is 12.9. The molecule has 2 rings (SSSR count). The normalized spacial score (nSPS) is 11.6. The standard InChI is InChI=1S/C17H16F2N2O3/c1-24-15(11-3-2-4-13(19)9-11)10-20-16(22)17(23)21-14-7-5-12(18)6-8-14/h2-9,15H,10H2,1H3,(H,20,22)(H,21,23). The van der Waals surface area contributed by atoms with Gasteiger partial charge < -0.3 is 15.4 Å². The molecule has 0 bridgehead atoms. The summed E-state index contributed by atoms with van der Waals surface area (Å²) in [6.45, 7) is -0.00434. The summed E-state index contributed by atoms with van der Waals surface area (Å²) in [7, 11) is 1.42. The molecule has 7 heteroatoms. The first-order valence-electron chi connectivity index (χ1n) is 7.12. The summed E-state index contributed by atoms with van der Waals surface area (Å²) in [4.78, 5) is 23.6. The molecule has 1 atom stereocenters. The first-order valence-corrected chi connectivity index (χ1v) is 7.12. The van der Waals surface area contributed by atoms with E-state index in [4.69, 9.17) is 4.74 Å². The minimum Gasteiger partial charge on any atom is -0.375 e. The lowest BCUT2D eigenvalue weighted by molar-refractivity contribution is -0.136. The molecule has 0 aliphatic heterocycles. The minimum absolute atomic E-state index is 0.00434. The number of amides is 2. The number of nitrogens with one attached hydrogen (secondary N) is 2. The quantitative estimate of drug-likeness (QED) is 0.825. The zero-order chi connectivity index (χ0) is 17.5. The average Bonchev–Trinajstić information content (AvgIpc) is 2.57. The van der Waals surface area contributed by atoms with E-state index in [1.54, 1.807) is 6.07 Å². The van der Waals surface area contributed by atoms with Gasteiger partial charge in [0, 0.05) is 19.3 Å². The molecule has 5 nitrogen and oxygen atoms in total. The summed E-state index contributed by atoms with van der Waals surface area (Å²) in [5.74, 6) is -2.64. The minimum atomic E-state index is -0.893. The molecule has 0 heterocycles. The predicted octanol–water partition coefficient (Wildman–Crippen LogP) is 2.41. The topological polar surface area (TPSA) is 67.4 Å². The molecule has 24 heavy (non-hydrogen) atoms. The summed E-state index contributed by atoms with van der Waals surface area (Å²) in [6.07, 6.45) is -0.594. The molecular weight excluding hydrogens is 318 g/mol. The fourth-order valence-electron chi connectivity index (χ4n) is 2.03. The molecule has 0 saturated carbocycles. The number of carbonyl (C=O) groups is 2. The Bertz CT molecular complexity index is 720. The second-order valence-corrected chi connectivity index (χ2v) is 4.95. The van der Waals surface area contributed by atoms with Crippen molar-refractivity contribution in [2.24, 2.45) is 0 Å². The maximum absolute atomic E-state index is 13.2. The molecule has 2 aromatic carbocycles. The van der Waals surface area contributed by atoms with Crippen LogP contribution in [-0.2, 0) is 14.3 Å². The lowest BCUT2D eigenvalue weighted by Gasteiger charge is -2.16. The largest absolute Gasteiger partial charge is 0.375 e. The van der Waals surface area contributed by atoms with Crippen molar-refractivity contribution < 1.29 is 23.1 Å². The third-order valence-electron chi connectivity index (χ3n) is 3.26. The van der Waals surface area contributed by atoms with Gasteiger partial charge in [-0.15, -0.1) is 0 Å². The number of benzene rings is 2. The Balaban J connectivity index is 1.91. The number of rotatable bonds is 5. The van der Waals surface area contributed by atoms with Crippen LogP contribution < -0.4 is 10.6 Å². The van der Waals surface area contributed by atoms with Crippen LogP contribution in [0.25, 0.3) is 0 Å². The van der Waals surface area contributed by atoms with Crippen LogP contribution in [0.5, 0.6) is 0 Å². The maximum atomic E-state index is 13.2. The summed E-state index contributed by atoms with van der Waals surface area (Å²) >= 11 is 0.